The predicted octanol–water partition coefficient (Wildman–Crippen LogP) is 2.70. The van der Waals surface area contributed by atoms with Gasteiger partial charge in [-0.2, -0.15) is 0 Å². The Morgan fingerprint density at radius 3 is 2.52 bits per heavy atom. The number of esters is 1. The maximum Gasteiger partial charge on any atom is 0.313 e. The van der Waals surface area contributed by atoms with Gasteiger partial charge >= 0.3 is 5.97 Å². The van der Waals surface area contributed by atoms with Crippen LogP contribution in [0, 0.1) is 11.8 Å². The molecule has 46 heavy (non-hydrogen) atoms. The fourth-order valence-electron chi connectivity index (χ4n) is 7.03. The SMILES string of the molecule is COc1ccc(N2CC=C[C@]34O[C@@H]5/C=C\CCC(=O)NC[C@@H](c6ccccc6)OC(=O)[C@@H]5[C@H]3C(=O)N(CCCCO)[C@@H]4C2=O)cc1. The second-order valence-corrected chi connectivity index (χ2v) is 12.0. The molecule has 3 amide bonds. The van der Waals surface area contributed by atoms with Crippen molar-refractivity contribution in [1.82, 2.24) is 10.2 Å². The molecule has 2 saturated heterocycles. The van der Waals surface area contributed by atoms with Gasteiger partial charge in [0.15, 0.2) is 0 Å². The quantitative estimate of drug-likeness (QED) is 0.271. The van der Waals surface area contributed by atoms with Gasteiger partial charge in [-0.1, -0.05) is 54.6 Å². The molecule has 0 unspecified atom stereocenters. The van der Waals surface area contributed by atoms with Gasteiger partial charge in [0, 0.05) is 31.8 Å². The first-order valence-corrected chi connectivity index (χ1v) is 15.8. The number of unbranched alkanes of at least 4 members (excludes halogenated alkanes) is 1. The number of carbonyl (C=O) groups excluding carboxylic acids is 4. The van der Waals surface area contributed by atoms with Gasteiger partial charge in [0.05, 0.1) is 25.7 Å². The van der Waals surface area contributed by atoms with Gasteiger partial charge in [0.1, 0.15) is 29.4 Å². The first kappa shape index (κ1) is 31.5. The third-order valence-corrected chi connectivity index (χ3v) is 9.24. The van der Waals surface area contributed by atoms with E-state index in [0.29, 0.717) is 36.3 Å². The molecule has 2 aromatic carbocycles. The summed E-state index contributed by atoms with van der Waals surface area (Å²) in [5.41, 5.74) is -0.107. The van der Waals surface area contributed by atoms with Crippen LogP contribution < -0.4 is 15.0 Å². The molecule has 11 heteroatoms. The Kier molecular flexibility index (Phi) is 9.23. The van der Waals surface area contributed by atoms with E-state index < -0.39 is 41.7 Å². The molecule has 4 heterocycles. The highest BCUT2D eigenvalue weighted by atomic mass is 16.6. The van der Waals surface area contributed by atoms with Crippen LogP contribution in [0.3, 0.4) is 0 Å². The van der Waals surface area contributed by atoms with Gasteiger partial charge in [-0.25, -0.2) is 0 Å². The molecule has 4 aliphatic rings. The summed E-state index contributed by atoms with van der Waals surface area (Å²) in [6, 6.07) is 15.2. The minimum atomic E-state index is -1.44. The molecule has 6 rings (SSSR count). The van der Waals surface area contributed by atoms with Crippen molar-refractivity contribution in [2.75, 3.05) is 38.3 Å². The zero-order valence-electron chi connectivity index (χ0n) is 25.7. The van der Waals surface area contributed by atoms with Crippen molar-refractivity contribution in [3.63, 3.8) is 0 Å². The Bertz CT molecular complexity index is 1510. The number of benzene rings is 2. The van der Waals surface area contributed by atoms with Gasteiger partial charge in [-0.05, 0) is 49.1 Å². The summed E-state index contributed by atoms with van der Waals surface area (Å²) in [5.74, 6) is -2.94. The fourth-order valence-corrected chi connectivity index (χ4v) is 7.03. The van der Waals surface area contributed by atoms with Crippen molar-refractivity contribution in [2.24, 2.45) is 11.8 Å². The highest BCUT2D eigenvalue weighted by Gasteiger charge is 2.71. The maximum absolute atomic E-state index is 14.6. The van der Waals surface area contributed by atoms with Crippen LogP contribution >= 0.6 is 0 Å². The predicted molar refractivity (Wildman–Crippen MR) is 168 cm³/mol. The van der Waals surface area contributed by atoms with E-state index in [0.717, 1.165) is 0 Å². The van der Waals surface area contributed by atoms with Crippen molar-refractivity contribution in [1.29, 1.82) is 0 Å². The Morgan fingerprint density at radius 2 is 1.78 bits per heavy atom. The molecule has 2 N–H and O–H groups in total. The highest BCUT2D eigenvalue weighted by molar-refractivity contribution is 6.05. The number of rotatable bonds is 7. The second-order valence-electron chi connectivity index (χ2n) is 12.0. The van der Waals surface area contributed by atoms with Crippen LogP contribution in [0.5, 0.6) is 5.75 Å². The van der Waals surface area contributed by atoms with Gasteiger partial charge in [-0.3, -0.25) is 19.2 Å². The molecule has 2 fully saturated rings. The number of anilines is 1. The van der Waals surface area contributed by atoms with Crippen molar-refractivity contribution in [3.05, 3.63) is 84.5 Å². The van der Waals surface area contributed by atoms with Crippen LogP contribution in [0.2, 0.25) is 0 Å². The molecule has 0 aliphatic carbocycles. The Hall–Kier alpha value is -4.48. The first-order valence-electron chi connectivity index (χ1n) is 15.8. The van der Waals surface area contributed by atoms with Crippen LogP contribution in [0.1, 0.15) is 37.4 Å². The number of likely N-dealkylation sites (tertiary alicyclic amines) is 1. The lowest BCUT2D eigenvalue weighted by Gasteiger charge is -2.35. The zero-order valence-corrected chi connectivity index (χ0v) is 25.7. The lowest BCUT2D eigenvalue weighted by atomic mass is 9.78. The molecule has 11 nitrogen and oxygen atoms in total. The van der Waals surface area contributed by atoms with E-state index in [1.165, 1.54) is 4.90 Å². The van der Waals surface area contributed by atoms with E-state index in [-0.39, 0.29) is 50.4 Å². The Balaban J connectivity index is 1.41. The average molecular weight is 630 g/mol. The smallest absolute Gasteiger partial charge is 0.313 e. The molecule has 4 aliphatic heterocycles. The summed E-state index contributed by atoms with van der Waals surface area (Å²) in [6.07, 6.45) is 6.99. The summed E-state index contributed by atoms with van der Waals surface area (Å²) in [4.78, 5) is 58.9. The third-order valence-electron chi connectivity index (χ3n) is 9.24. The standard InChI is InChI=1S/C35H39N3O8/c1-44-25-16-14-24(15-17-25)37-20-9-18-35-30(32(41)38(19-7-8-21-39)31(35)33(37)42)29-26(46-35)12-5-6-13-28(40)36-22-27(45-34(29)43)23-10-3-2-4-11-23/h2-5,9-12,14-18,26-27,29-31,39H,6-8,13,19-22H2,1H3,(H,36,40)/b12-5-/t26-,27+,29+,30+,31-,35+/m1/s1. The number of hydrogen-bond donors (Lipinski definition) is 2. The lowest BCUT2D eigenvalue weighted by molar-refractivity contribution is -0.159. The van der Waals surface area contributed by atoms with Crippen LogP contribution in [0.4, 0.5) is 5.69 Å². The van der Waals surface area contributed by atoms with E-state index in [1.807, 2.05) is 36.4 Å². The first-order chi connectivity index (χ1) is 22.4. The fraction of sp³-hybridized carbons (Fsp3) is 0.429. The van der Waals surface area contributed by atoms with Gasteiger partial charge in [0.2, 0.25) is 11.8 Å². The number of methoxy groups -OCH3 is 1. The van der Waals surface area contributed by atoms with Crippen LogP contribution in [0.15, 0.2) is 78.9 Å². The van der Waals surface area contributed by atoms with Crippen LogP contribution in [-0.2, 0) is 28.7 Å². The number of cyclic esters (lactones) is 1. The monoisotopic (exact) mass is 629 g/mol. The normalized spacial score (nSPS) is 30.3. The van der Waals surface area contributed by atoms with Gasteiger partial charge < -0.3 is 34.4 Å². The van der Waals surface area contributed by atoms with Crippen LogP contribution in [-0.4, -0.2) is 84.8 Å². The molecule has 0 saturated carbocycles. The molecule has 0 radical (unpaired) electrons. The molecule has 0 bridgehead atoms. The van der Waals surface area contributed by atoms with Crippen molar-refractivity contribution in [2.45, 2.75) is 49.5 Å². The number of fused-ring (bicyclic) bond motifs is 2. The molecule has 0 aromatic heterocycles. The van der Waals surface area contributed by atoms with E-state index in [9.17, 15) is 24.3 Å². The van der Waals surface area contributed by atoms with E-state index >= 15 is 0 Å². The summed E-state index contributed by atoms with van der Waals surface area (Å²) in [7, 11) is 1.57. The topological polar surface area (TPSA) is 135 Å². The third kappa shape index (κ3) is 5.80. The number of aliphatic hydroxyl groups excluding tert-OH is 1. The number of nitrogens with zero attached hydrogens (tertiary/aromatic N) is 2. The Morgan fingerprint density at radius 1 is 1.00 bits per heavy atom. The average Bonchev–Trinajstić information content (AvgIpc) is 3.45. The minimum Gasteiger partial charge on any atom is -0.497 e. The molecular weight excluding hydrogens is 590 g/mol. The van der Waals surface area contributed by atoms with Gasteiger partial charge in [-0.15, -0.1) is 0 Å². The number of carbonyl (C=O) groups is 4. The van der Waals surface area contributed by atoms with Crippen molar-refractivity contribution < 1.29 is 38.5 Å². The number of amides is 3. The molecule has 242 valence electrons. The highest BCUT2D eigenvalue weighted by Crippen LogP contribution is 2.53. The molecule has 6 atom stereocenters. The summed E-state index contributed by atoms with van der Waals surface area (Å²) >= 11 is 0. The summed E-state index contributed by atoms with van der Waals surface area (Å²) in [6.45, 7) is 0.467. The van der Waals surface area contributed by atoms with Crippen molar-refractivity contribution >= 4 is 29.4 Å². The molecule has 1 spiro atoms. The maximum atomic E-state index is 14.6. The summed E-state index contributed by atoms with van der Waals surface area (Å²) < 4.78 is 18.1. The number of hydrogen-bond acceptors (Lipinski definition) is 8. The van der Waals surface area contributed by atoms with Crippen molar-refractivity contribution in [3.8, 4) is 5.75 Å². The van der Waals surface area contributed by atoms with E-state index in [1.54, 1.807) is 54.5 Å². The number of allylic oxidation sites excluding steroid dienone is 1. The lowest BCUT2D eigenvalue weighted by Crippen LogP contribution is -2.55. The van der Waals surface area contributed by atoms with E-state index in [4.69, 9.17) is 14.2 Å². The Labute approximate surface area is 267 Å². The largest absolute Gasteiger partial charge is 0.497 e. The second kappa shape index (κ2) is 13.5. The van der Waals surface area contributed by atoms with Gasteiger partial charge in [0.25, 0.3) is 5.91 Å². The number of nitrogens with one attached hydrogen (secondary N) is 1. The zero-order chi connectivity index (χ0) is 32.3. The molecular formula is C35H39N3O8. The number of aliphatic hydroxyl groups is 1. The molecule has 2 aromatic rings. The number of ether oxygens (including phenoxy) is 3. The van der Waals surface area contributed by atoms with E-state index in [2.05, 4.69) is 5.32 Å². The minimum absolute atomic E-state index is 0.0528. The summed E-state index contributed by atoms with van der Waals surface area (Å²) in [5, 5.41) is 12.3. The van der Waals surface area contributed by atoms with Crippen LogP contribution in [0.25, 0.3) is 0 Å².